The van der Waals surface area contributed by atoms with Crippen LogP contribution in [0.4, 0.5) is 0 Å². The van der Waals surface area contributed by atoms with Gasteiger partial charge in [-0.05, 0) is 40.1 Å². The quantitative estimate of drug-likeness (QED) is 0.773. The van der Waals surface area contributed by atoms with Crippen molar-refractivity contribution >= 4 is 10.0 Å². The van der Waals surface area contributed by atoms with Crippen LogP contribution in [0.5, 0.6) is 11.5 Å². The smallest absolute Gasteiger partial charge is 0.243 e. The molecule has 25 heavy (non-hydrogen) atoms. The summed E-state index contributed by atoms with van der Waals surface area (Å²) in [6.45, 7) is 7.21. The summed E-state index contributed by atoms with van der Waals surface area (Å²) in [5.74, 6) is 1.08. The van der Waals surface area contributed by atoms with Gasteiger partial charge in [0.25, 0.3) is 0 Å². The van der Waals surface area contributed by atoms with Gasteiger partial charge < -0.3 is 14.4 Å². The first kappa shape index (κ1) is 18.4. The Kier molecular flexibility index (Phi) is 5.24. The Morgan fingerprint density at radius 2 is 1.76 bits per heavy atom. The fourth-order valence-electron chi connectivity index (χ4n) is 3.45. The van der Waals surface area contributed by atoms with Gasteiger partial charge >= 0.3 is 0 Å². The number of likely N-dealkylation sites (N-methyl/N-ethyl adjacent to an activating group) is 1. The third kappa shape index (κ3) is 3.76. The van der Waals surface area contributed by atoms with Gasteiger partial charge in [-0.3, -0.25) is 4.90 Å². The third-order valence-electron chi connectivity index (χ3n) is 4.86. The number of benzene rings is 1. The van der Waals surface area contributed by atoms with Crippen LogP contribution in [0.25, 0.3) is 0 Å². The van der Waals surface area contributed by atoms with E-state index in [1.165, 1.54) is 0 Å². The minimum Gasteiger partial charge on any atom is -0.454 e. The van der Waals surface area contributed by atoms with E-state index in [4.69, 9.17) is 9.47 Å². The number of rotatable bonds is 5. The molecule has 7 nitrogen and oxygen atoms in total. The number of ether oxygens (including phenoxy) is 2. The molecule has 2 unspecified atom stereocenters. The Morgan fingerprint density at radius 1 is 1.12 bits per heavy atom. The van der Waals surface area contributed by atoms with E-state index < -0.39 is 10.0 Å². The molecule has 8 heteroatoms. The van der Waals surface area contributed by atoms with E-state index in [0.29, 0.717) is 24.6 Å². The topological polar surface area (TPSA) is 62.3 Å². The van der Waals surface area contributed by atoms with Crippen LogP contribution in [0.3, 0.4) is 0 Å². The van der Waals surface area contributed by atoms with Gasteiger partial charge in [-0.1, -0.05) is 0 Å². The zero-order chi connectivity index (χ0) is 18.2. The van der Waals surface area contributed by atoms with Crippen molar-refractivity contribution in [1.82, 2.24) is 14.1 Å². The van der Waals surface area contributed by atoms with E-state index >= 15 is 0 Å². The molecule has 0 radical (unpaired) electrons. The summed E-state index contributed by atoms with van der Waals surface area (Å²) in [6.07, 6.45) is 0. The number of nitrogens with zero attached hydrogens (tertiary/aromatic N) is 3. The maximum absolute atomic E-state index is 13.1. The first-order valence-electron chi connectivity index (χ1n) is 8.59. The highest BCUT2D eigenvalue weighted by Crippen LogP contribution is 2.35. The lowest BCUT2D eigenvalue weighted by atomic mass is 10.1. The molecule has 2 aliphatic rings. The van der Waals surface area contributed by atoms with E-state index in [-0.39, 0.29) is 23.8 Å². The first-order valence-corrected chi connectivity index (χ1v) is 10.0. The van der Waals surface area contributed by atoms with Crippen molar-refractivity contribution in [2.24, 2.45) is 0 Å². The van der Waals surface area contributed by atoms with Gasteiger partial charge in [0.15, 0.2) is 11.5 Å². The van der Waals surface area contributed by atoms with Crippen molar-refractivity contribution in [2.75, 3.05) is 47.1 Å². The van der Waals surface area contributed by atoms with Crippen LogP contribution in [-0.4, -0.2) is 81.7 Å². The molecular formula is C17H27N3O4S. The average Bonchev–Trinajstić information content (AvgIpc) is 3.01. The average molecular weight is 369 g/mol. The first-order chi connectivity index (χ1) is 11.8. The summed E-state index contributed by atoms with van der Waals surface area (Å²) < 4.78 is 38.3. The third-order valence-corrected chi connectivity index (χ3v) is 6.68. The summed E-state index contributed by atoms with van der Waals surface area (Å²) in [5, 5.41) is 0. The summed E-state index contributed by atoms with van der Waals surface area (Å²) >= 11 is 0. The molecule has 0 amide bonds. The molecule has 140 valence electrons. The van der Waals surface area contributed by atoms with E-state index in [1.54, 1.807) is 22.5 Å². The van der Waals surface area contributed by atoms with Crippen LogP contribution in [0.15, 0.2) is 23.1 Å². The highest BCUT2D eigenvalue weighted by molar-refractivity contribution is 7.89. The Bertz CT molecular complexity index is 711. The van der Waals surface area contributed by atoms with Crippen molar-refractivity contribution in [3.8, 4) is 11.5 Å². The summed E-state index contributed by atoms with van der Waals surface area (Å²) in [6, 6.07) is 5.16. The van der Waals surface area contributed by atoms with Crippen LogP contribution in [0.1, 0.15) is 13.8 Å². The maximum Gasteiger partial charge on any atom is 0.243 e. The molecule has 0 aromatic heterocycles. The number of sulfonamides is 1. The molecule has 0 spiro atoms. The predicted molar refractivity (Wildman–Crippen MR) is 95.5 cm³/mol. The van der Waals surface area contributed by atoms with E-state index in [2.05, 4.69) is 37.7 Å². The van der Waals surface area contributed by atoms with Crippen LogP contribution in [-0.2, 0) is 10.0 Å². The highest BCUT2D eigenvalue weighted by Gasteiger charge is 2.36. The number of hydrogen-bond acceptors (Lipinski definition) is 6. The molecule has 1 fully saturated rings. The summed E-state index contributed by atoms with van der Waals surface area (Å²) in [7, 11) is 0.559. The Morgan fingerprint density at radius 3 is 2.40 bits per heavy atom. The van der Waals surface area contributed by atoms with Crippen molar-refractivity contribution in [3.63, 3.8) is 0 Å². The molecular weight excluding hydrogens is 342 g/mol. The highest BCUT2D eigenvalue weighted by atomic mass is 32.2. The van der Waals surface area contributed by atoms with Gasteiger partial charge in [0.1, 0.15) is 0 Å². The molecule has 2 heterocycles. The molecule has 1 aromatic carbocycles. The maximum atomic E-state index is 13.1. The lowest BCUT2D eigenvalue weighted by Crippen LogP contribution is -2.58. The monoisotopic (exact) mass is 369 g/mol. The van der Waals surface area contributed by atoms with E-state index in [9.17, 15) is 8.42 Å². The normalized spacial score (nSPS) is 24.8. The van der Waals surface area contributed by atoms with Gasteiger partial charge in [0.05, 0.1) is 4.90 Å². The van der Waals surface area contributed by atoms with E-state index in [1.807, 2.05) is 0 Å². The van der Waals surface area contributed by atoms with Gasteiger partial charge in [-0.2, -0.15) is 4.31 Å². The second-order valence-corrected chi connectivity index (χ2v) is 9.01. The van der Waals surface area contributed by atoms with Crippen LogP contribution in [0.2, 0.25) is 0 Å². The second kappa shape index (κ2) is 7.11. The molecule has 2 aliphatic heterocycles. The number of fused-ring (bicyclic) bond motifs is 1. The van der Waals surface area contributed by atoms with Gasteiger partial charge in [0, 0.05) is 44.3 Å². The SMILES string of the molecule is CC1CN(S(=O)(=O)c2ccc3c(c2)OCO3)CC(C)N1CCN(C)C. The molecule has 1 aromatic rings. The molecule has 1 saturated heterocycles. The van der Waals surface area contributed by atoms with Crippen molar-refractivity contribution in [2.45, 2.75) is 30.8 Å². The van der Waals surface area contributed by atoms with Crippen LogP contribution >= 0.6 is 0 Å². The van der Waals surface area contributed by atoms with Gasteiger partial charge in [-0.25, -0.2) is 8.42 Å². The van der Waals surface area contributed by atoms with Crippen LogP contribution in [0, 0.1) is 0 Å². The van der Waals surface area contributed by atoms with Crippen molar-refractivity contribution in [3.05, 3.63) is 18.2 Å². The number of piperazine rings is 1. The molecule has 0 N–H and O–H groups in total. The number of hydrogen-bond donors (Lipinski definition) is 0. The van der Waals surface area contributed by atoms with E-state index in [0.717, 1.165) is 13.1 Å². The predicted octanol–water partition coefficient (Wildman–Crippen LogP) is 1.06. The fraction of sp³-hybridized carbons (Fsp3) is 0.647. The summed E-state index contributed by atoms with van der Waals surface area (Å²) in [4.78, 5) is 4.79. The van der Waals surface area contributed by atoms with Crippen molar-refractivity contribution < 1.29 is 17.9 Å². The van der Waals surface area contributed by atoms with Crippen molar-refractivity contribution in [1.29, 1.82) is 0 Å². The zero-order valence-electron chi connectivity index (χ0n) is 15.3. The standard InChI is InChI=1S/C17H27N3O4S/c1-13-10-19(11-14(2)20(13)8-7-18(3)4)25(21,22)15-5-6-16-17(9-15)24-12-23-16/h5-6,9,13-14H,7-8,10-12H2,1-4H3. The second-order valence-electron chi connectivity index (χ2n) is 7.08. The molecule has 0 bridgehead atoms. The van der Waals surface area contributed by atoms with Crippen LogP contribution < -0.4 is 9.47 Å². The molecule has 3 rings (SSSR count). The lowest BCUT2D eigenvalue weighted by Gasteiger charge is -2.44. The fourth-order valence-corrected chi connectivity index (χ4v) is 5.07. The zero-order valence-corrected chi connectivity index (χ0v) is 16.1. The molecule has 0 aliphatic carbocycles. The minimum atomic E-state index is -3.54. The van der Waals surface area contributed by atoms with Gasteiger partial charge in [-0.15, -0.1) is 0 Å². The Balaban J connectivity index is 1.75. The Labute approximate surface area is 150 Å². The largest absolute Gasteiger partial charge is 0.454 e. The van der Waals surface area contributed by atoms with Gasteiger partial charge in [0.2, 0.25) is 16.8 Å². The minimum absolute atomic E-state index is 0.136. The summed E-state index contributed by atoms with van der Waals surface area (Å²) in [5.41, 5.74) is 0. The molecule has 2 atom stereocenters. The molecule has 0 saturated carbocycles. The Hall–Kier alpha value is -1.35. The lowest BCUT2D eigenvalue weighted by molar-refractivity contribution is 0.0708.